The minimum absolute atomic E-state index is 0.000661. The average molecular weight is 388 g/mol. The van der Waals surface area contributed by atoms with Crippen molar-refractivity contribution in [3.63, 3.8) is 0 Å². The van der Waals surface area contributed by atoms with Crippen molar-refractivity contribution in [1.29, 1.82) is 0 Å². The van der Waals surface area contributed by atoms with Gasteiger partial charge in [-0.3, -0.25) is 4.79 Å². The molecule has 0 heterocycles. The fraction of sp³-hybridized carbons (Fsp3) is 0.333. The third-order valence-electron chi connectivity index (χ3n) is 4.23. The second-order valence-corrected chi connectivity index (χ2v) is 6.66. The number of rotatable bonds is 10. The van der Waals surface area contributed by atoms with Crippen LogP contribution < -0.4 is 10.6 Å². The highest BCUT2D eigenvalue weighted by Crippen LogP contribution is 2.09. The molecule has 4 N–H and O–H groups in total. The van der Waals surface area contributed by atoms with Crippen LogP contribution in [0.2, 0.25) is 0 Å². The van der Waals surface area contributed by atoms with Gasteiger partial charge >= 0.3 is 12.0 Å². The number of aliphatic carboxylic acids is 1. The number of amides is 2. The van der Waals surface area contributed by atoms with Gasteiger partial charge in [0.2, 0.25) is 0 Å². The molecule has 6 nitrogen and oxygen atoms in total. The number of benzene rings is 2. The Labute approximate surface area is 163 Å². The molecule has 0 saturated heterocycles. The highest BCUT2D eigenvalue weighted by molar-refractivity contribution is 5.74. The Kier molecular flexibility index (Phi) is 8.42. The lowest BCUT2D eigenvalue weighted by Crippen LogP contribution is -2.45. The normalized spacial score (nSPS) is 12.8. The number of halogens is 1. The number of aliphatic hydroxyl groups is 1. The summed E-state index contributed by atoms with van der Waals surface area (Å²) >= 11 is 0. The van der Waals surface area contributed by atoms with E-state index in [1.54, 1.807) is 12.1 Å². The Hall–Kier alpha value is -2.93. The van der Waals surface area contributed by atoms with Crippen molar-refractivity contribution in [1.82, 2.24) is 10.6 Å². The summed E-state index contributed by atoms with van der Waals surface area (Å²) in [5, 5.41) is 24.3. The third kappa shape index (κ3) is 8.18. The minimum Gasteiger partial charge on any atom is -0.481 e. The van der Waals surface area contributed by atoms with Crippen LogP contribution in [-0.4, -0.2) is 40.9 Å². The Morgan fingerprint density at radius 2 is 1.71 bits per heavy atom. The molecule has 28 heavy (non-hydrogen) atoms. The van der Waals surface area contributed by atoms with Crippen LogP contribution in [-0.2, 0) is 17.6 Å². The van der Waals surface area contributed by atoms with Crippen LogP contribution in [0.1, 0.15) is 24.0 Å². The van der Waals surface area contributed by atoms with Crippen LogP contribution in [0, 0.1) is 5.82 Å². The molecule has 0 aromatic heterocycles. The van der Waals surface area contributed by atoms with Gasteiger partial charge in [0, 0.05) is 25.4 Å². The van der Waals surface area contributed by atoms with Crippen LogP contribution in [0.15, 0.2) is 54.6 Å². The van der Waals surface area contributed by atoms with Crippen molar-refractivity contribution < 1.29 is 24.2 Å². The molecule has 0 fully saturated rings. The third-order valence-corrected chi connectivity index (χ3v) is 4.23. The molecular weight excluding hydrogens is 363 g/mol. The Morgan fingerprint density at radius 1 is 1.00 bits per heavy atom. The lowest BCUT2D eigenvalue weighted by molar-refractivity contribution is -0.137. The van der Waals surface area contributed by atoms with Crippen molar-refractivity contribution in [3.8, 4) is 0 Å². The molecule has 2 amide bonds. The van der Waals surface area contributed by atoms with Crippen molar-refractivity contribution in [3.05, 3.63) is 71.5 Å². The van der Waals surface area contributed by atoms with Crippen LogP contribution in [0.4, 0.5) is 9.18 Å². The van der Waals surface area contributed by atoms with E-state index in [2.05, 4.69) is 10.6 Å². The van der Waals surface area contributed by atoms with Gasteiger partial charge in [0.05, 0.1) is 6.10 Å². The molecule has 0 aliphatic rings. The van der Waals surface area contributed by atoms with E-state index >= 15 is 0 Å². The largest absolute Gasteiger partial charge is 0.481 e. The van der Waals surface area contributed by atoms with Gasteiger partial charge in [0.15, 0.2) is 0 Å². The second-order valence-electron chi connectivity index (χ2n) is 6.66. The van der Waals surface area contributed by atoms with E-state index in [4.69, 9.17) is 5.11 Å². The number of hydrogen-bond acceptors (Lipinski definition) is 3. The highest BCUT2D eigenvalue weighted by atomic mass is 19.1. The summed E-state index contributed by atoms with van der Waals surface area (Å²) in [5.41, 5.74) is 1.63. The lowest BCUT2D eigenvalue weighted by atomic mass is 10.0. The van der Waals surface area contributed by atoms with E-state index in [1.807, 2.05) is 30.3 Å². The first-order chi connectivity index (χ1) is 13.4. The Balaban J connectivity index is 1.83. The molecule has 0 radical (unpaired) electrons. The summed E-state index contributed by atoms with van der Waals surface area (Å²) < 4.78 is 13.2. The van der Waals surface area contributed by atoms with Crippen molar-refractivity contribution in [2.75, 3.05) is 6.54 Å². The molecule has 150 valence electrons. The van der Waals surface area contributed by atoms with Crippen molar-refractivity contribution in [2.45, 2.75) is 37.8 Å². The molecule has 0 aliphatic heterocycles. The van der Waals surface area contributed by atoms with Gasteiger partial charge in [0.1, 0.15) is 5.82 Å². The van der Waals surface area contributed by atoms with Gasteiger partial charge in [-0.2, -0.15) is 0 Å². The van der Waals surface area contributed by atoms with E-state index in [1.165, 1.54) is 12.1 Å². The molecule has 2 atom stereocenters. The first-order valence-electron chi connectivity index (χ1n) is 9.15. The first kappa shape index (κ1) is 21.4. The average Bonchev–Trinajstić information content (AvgIpc) is 2.65. The van der Waals surface area contributed by atoms with E-state index in [0.29, 0.717) is 18.4 Å². The number of carbonyl (C=O) groups excluding carboxylic acids is 1. The molecule has 0 saturated carbocycles. The number of urea groups is 1. The predicted molar refractivity (Wildman–Crippen MR) is 103 cm³/mol. The van der Waals surface area contributed by atoms with E-state index in [9.17, 15) is 19.1 Å². The number of aliphatic hydroxyl groups excluding tert-OH is 1. The van der Waals surface area contributed by atoms with Gasteiger partial charge in [-0.1, -0.05) is 42.5 Å². The highest BCUT2D eigenvalue weighted by Gasteiger charge is 2.16. The van der Waals surface area contributed by atoms with E-state index in [-0.39, 0.29) is 31.2 Å². The molecule has 2 aromatic rings. The zero-order valence-corrected chi connectivity index (χ0v) is 15.5. The van der Waals surface area contributed by atoms with Gasteiger partial charge in [-0.25, -0.2) is 9.18 Å². The number of nitrogens with one attached hydrogen (secondary N) is 2. The summed E-state index contributed by atoms with van der Waals surface area (Å²) in [7, 11) is 0. The van der Waals surface area contributed by atoms with Gasteiger partial charge < -0.3 is 20.8 Å². The summed E-state index contributed by atoms with van der Waals surface area (Å²) in [5.74, 6) is -1.30. The molecular formula is C21H25FN2O4. The fourth-order valence-electron chi connectivity index (χ4n) is 2.88. The zero-order chi connectivity index (χ0) is 20.4. The molecule has 2 unspecified atom stereocenters. The zero-order valence-electron chi connectivity index (χ0n) is 15.5. The van der Waals surface area contributed by atoms with Crippen LogP contribution in [0.3, 0.4) is 0 Å². The number of carboxylic acid groups (broad SMARTS) is 1. The summed E-state index contributed by atoms with van der Waals surface area (Å²) in [6, 6.07) is 14.6. The summed E-state index contributed by atoms with van der Waals surface area (Å²) in [6.07, 6.45) is 0.0978. The maximum atomic E-state index is 13.2. The van der Waals surface area contributed by atoms with Crippen LogP contribution >= 0.6 is 0 Å². The number of hydrogen-bond donors (Lipinski definition) is 4. The van der Waals surface area contributed by atoms with Crippen molar-refractivity contribution >= 4 is 12.0 Å². The molecule has 0 bridgehead atoms. The molecule has 0 aliphatic carbocycles. The summed E-state index contributed by atoms with van der Waals surface area (Å²) in [4.78, 5) is 23.0. The molecule has 2 aromatic carbocycles. The topological polar surface area (TPSA) is 98.7 Å². The SMILES string of the molecule is O=C(O)CCC(Cc1ccccc1)NC(=O)NCC(O)Cc1cccc(F)c1. The smallest absolute Gasteiger partial charge is 0.315 e. The predicted octanol–water partition coefficient (Wildman–Crippen LogP) is 2.50. The molecule has 0 spiro atoms. The second kappa shape index (κ2) is 11.0. The molecule has 7 heteroatoms. The monoisotopic (exact) mass is 388 g/mol. The Morgan fingerprint density at radius 3 is 2.39 bits per heavy atom. The molecule has 2 rings (SSSR count). The van der Waals surface area contributed by atoms with E-state index < -0.39 is 18.1 Å². The number of carbonyl (C=O) groups is 2. The maximum absolute atomic E-state index is 13.2. The van der Waals surface area contributed by atoms with Gasteiger partial charge in [-0.15, -0.1) is 0 Å². The van der Waals surface area contributed by atoms with Gasteiger partial charge in [-0.05, 0) is 36.1 Å². The van der Waals surface area contributed by atoms with Gasteiger partial charge in [0.25, 0.3) is 0 Å². The minimum atomic E-state index is -0.925. The standard InChI is InChI=1S/C21H25FN2O4/c22-17-8-4-7-16(11-17)13-19(25)14-23-21(28)24-18(9-10-20(26)27)12-15-5-2-1-3-6-15/h1-8,11,18-19,25H,9-10,12-14H2,(H,26,27)(H2,23,24,28). The van der Waals surface area contributed by atoms with Crippen LogP contribution in [0.25, 0.3) is 0 Å². The first-order valence-corrected chi connectivity index (χ1v) is 9.15. The number of carboxylic acids is 1. The maximum Gasteiger partial charge on any atom is 0.315 e. The fourth-order valence-corrected chi connectivity index (χ4v) is 2.88. The van der Waals surface area contributed by atoms with Crippen LogP contribution in [0.5, 0.6) is 0 Å². The quantitative estimate of drug-likeness (QED) is 0.503. The Bertz CT molecular complexity index is 770. The van der Waals surface area contributed by atoms with E-state index in [0.717, 1.165) is 5.56 Å². The summed E-state index contributed by atoms with van der Waals surface area (Å²) in [6.45, 7) is -0.000661. The van der Waals surface area contributed by atoms with Crippen molar-refractivity contribution in [2.24, 2.45) is 0 Å². The lowest BCUT2D eigenvalue weighted by Gasteiger charge is -2.19.